The maximum Gasteiger partial charge on any atom is 0.133 e. The molecular formula is C22H15N3O. The van der Waals surface area contributed by atoms with E-state index in [0.717, 1.165) is 39.2 Å². The van der Waals surface area contributed by atoms with E-state index >= 15 is 0 Å². The molecule has 0 N–H and O–H groups in total. The van der Waals surface area contributed by atoms with Gasteiger partial charge in [-0.15, -0.1) is 0 Å². The van der Waals surface area contributed by atoms with Crippen LogP contribution in [0.25, 0.3) is 39.2 Å². The average molecular weight is 337 g/mol. The Morgan fingerprint density at radius 1 is 0.808 bits per heavy atom. The van der Waals surface area contributed by atoms with E-state index in [-0.39, 0.29) is 0 Å². The van der Waals surface area contributed by atoms with E-state index < -0.39 is 0 Å². The number of imidazole rings is 1. The molecule has 4 nitrogen and oxygen atoms in total. The van der Waals surface area contributed by atoms with E-state index in [1.165, 1.54) is 0 Å². The lowest BCUT2D eigenvalue weighted by atomic mass is 10.1. The van der Waals surface area contributed by atoms with Crippen LogP contribution in [-0.4, -0.2) is 14.5 Å². The lowest BCUT2D eigenvalue weighted by Crippen LogP contribution is -1.92. The van der Waals surface area contributed by atoms with Gasteiger partial charge in [0.25, 0.3) is 0 Å². The van der Waals surface area contributed by atoms with Gasteiger partial charge in [-0.1, -0.05) is 18.2 Å². The van der Waals surface area contributed by atoms with Gasteiger partial charge in [0.15, 0.2) is 0 Å². The lowest BCUT2D eigenvalue weighted by Gasteiger charge is -2.08. The van der Waals surface area contributed by atoms with Crippen molar-refractivity contribution in [3.05, 3.63) is 91.7 Å². The molecule has 0 atom stereocenters. The largest absolute Gasteiger partial charge is 0.464 e. The molecule has 0 saturated heterocycles. The third-order valence-corrected chi connectivity index (χ3v) is 4.47. The highest BCUT2D eigenvalue weighted by Crippen LogP contribution is 2.27. The zero-order valence-electron chi connectivity index (χ0n) is 13.9. The van der Waals surface area contributed by atoms with Gasteiger partial charge >= 0.3 is 0 Å². The molecule has 4 heteroatoms. The molecule has 3 aromatic heterocycles. The van der Waals surface area contributed by atoms with Gasteiger partial charge in [-0.3, -0.25) is 9.55 Å². The Morgan fingerprint density at radius 3 is 2.62 bits per heavy atom. The first-order chi connectivity index (χ1) is 12.9. The predicted octanol–water partition coefficient (Wildman–Crippen LogP) is 5.35. The number of aromatic nitrogens is 3. The van der Waals surface area contributed by atoms with Gasteiger partial charge in [-0.05, 0) is 54.1 Å². The summed E-state index contributed by atoms with van der Waals surface area (Å²) in [5.74, 6) is 0.847. The van der Waals surface area contributed by atoms with Crippen LogP contribution in [0.15, 0.2) is 96.1 Å². The Balaban J connectivity index is 1.59. The minimum atomic E-state index is 0.847. The Kier molecular flexibility index (Phi) is 3.39. The molecule has 124 valence electrons. The van der Waals surface area contributed by atoms with Crippen molar-refractivity contribution in [2.24, 2.45) is 0 Å². The monoisotopic (exact) mass is 337 g/mol. The maximum absolute atomic E-state index is 5.48. The summed E-state index contributed by atoms with van der Waals surface area (Å²) in [6, 6.07) is 22.4. The van der Waals surface area contributed by atoms with Gasteiger partial charge in [0.05, 0.1) is 17.3 Å². The molecule has 0 radical (unpaired) electrons. The quantitative estimate of drug-likeness (QED) is 0.446. The van der Waals surface area contributed by atoms with Crippen LogP contribution in [0.2, 0.25) is 0 Å². The number of rotatable bonds is 3. The molecule has 5 rings (SSSR count). The second-order valence-electron chi connectivity index (χ2n) is 6.09. The summed E-state index contributed by atoms with van der Waals surface area (Å²) >= 11 is 0. The lowest BCUT2D eigenvalue weighted by molar-refractivity contribution is 0.582. The van der Waals surface area contributed by atoms with Crippen LogP contribution in [0.3, 0.4) is 0 Å². The molecule has 0 unspecified atom stereocenters. The highest BCUT2D eigenvalue weighted by Gasteiger charge is 2.09. The van der Waals surface area contributed by atoms with Crippen LogP contribution in [0.1, 0.15) is 0 Å². The van der Waals surface area contributed by atoms with E-state index in [4.69, 9.17) is 4.42 Å². The molecular weight excluding hydrogens is 322 g/mol. The topological polar surface area (TPSA) is 43.9 Å². The van der Waals surface area contributed by atoms with E-state index in [1.54, 1.807) is 12.5 Å². The van der Waals surface area contributed by atoms with Gasteiger partial charge in [0.1, 0.15) is 12.1 Å². The summed E-state index contributed by atoms with van der Waals surface area (Å²) in [7, 11) is 0. The third kappa shape index (κ3) is 2.48. The molecule has 3 heterocycles. The Hall–Kier alpha value is -3.66. The first-order valence-electron chi connectivity index (χ1n) is 8.40. The number of pyridine rings is 1. The molecule has 0 fully saturated rings. The summed E-state index contributed by atoms with van der Waals surface area (Å²) in [4.78, 5) is 8.79. The number of nitrogens with zero attached hydrogens (tertiary/aromatic N) is 3. The Labute approximate surface area is 150 Å². The third-order valence-electron chi connectivity index (χ3n) is 4.47. The van der Waals surface area contributed by atoms with Crippen LogP contribution in [-0.2, 0) is 0 Å². The summed E-state index contributed by atoms with van der Waals surface area (Å²) in [6.45, 7) is 0. The summed E-state index contributed by atoms with van der Waals surface area (Å²) in [6.07, 6.45) is 7.20. The molecule has 5 aromatic rings. The highest BCUT2D eigenvalue weighted by atomic mass is 16.3. The fourth-order valence-electron chi connectivity index (χ4n) is 3.18. The van der Waals surface area contributed by atoms with Gasteiger partial charge < -0.3 is 4.42 Å². The van der Waals surface area contributed by atoms with Crippen molar-refractivity contribution in [2.45, 2.75) is 0 Å². The smallest absolute Gasteiger partial charge is 0.133 e. The van der Waals surface area contributed by atoms with Crippen molar-refractivity contribution >= 4 is 11.0 Å². The van der Waals surface area contributed by atoms with Crippen LogP contribution in [0.4, 0.5) is 0 Å². The minimum absolute atomic E-state index is 0.847. The normalized spacial score (nSPS) is 11.1. The van der Waals surface area contributed by atoms with E-state index in [9.17, 15) is 0 Å². The molecule has 0 aliphatic heterocycles. The molecule has 26 heavy (non-hydrogen) atoms. The Morgan fingerprint density at radius 2 is 1.77 bits per heavy atom. The summed E-state index contributed by atoms with van der Waals surface area (Å²) in [5.41, 5.74) is 6.31. The number of hydrogen-bond acceptors (Lipinski definition) is 3. The van der Waals surface area contributed by atoms with Crippen molar-refractivity contribution in [3.8, 4) is 28.1 Å². The predicted molar refractivity (Wildman–Crippen MR) is 102 cm³/mol. The fraction of sp³-hybridized carbons (Fsp3) is 0. The standard InChI is InChI=1S/C22H15N3O/c1-4-16(18-5-2-10-23-14-18)12-19(6-1)25-15-24-20-13-17(8-9-21(20)25)22-7-3-11-26-22/h1-15H. The van der Waals surface area contributed by atoms with Crippen molar-refractivity contribution in [1.29, 1.82) is 0 Å². The second-order valence-corrected chi connectivity index (χ2v) is 6.09. The Bertz CT molecular complexity index is 1170. The number of furan rings is 1. The van der Waals surface area contributed by atoms with Crippen LogP contribution in [0, 0.1) is 0 Å². The first-order valence-corrected chi connectivity index (χ1v) is 8.40. The van der Waals surface area contributed by atoms with E-state index in [1.807, 2.05) is 30.7 Å². The molecule has 0 aliphatic carbocycles. The van der Waals surface area contributed by atoms with Crippen LogP contribution >= 0.6 is 0 Å². The highest BCUT2D eigenvalue weighted by molar-refractivity contribution is 5.82. The van der Waals surface area contributed by atoms with Crippen LogP contribution in [0.5, 0.6) is 0 Å². The first kappa shape index (κ1) is 14.7. The zero-order chi connectivity index (χ0) is 17.3. The number of benzene rings is 2. The van der Waals surface area contributed by atoms with Crippen molar-refractivity contribution in [3.63, 3.8) is 0 Å². The summed E-state index contributed by atoms with van der Waals surface area (Å²) in [5, 5.41) is 0. The molecule has 0 saturated carbocycles. The van der Waals surface area contributed by atoms with Gasteiger partial charge in [0.2, 0.25) is 0 Å². The van der Waals surface area contributed by atoms with Gasteiger partial charge in [-0.25, -0.2) is 4.98 Å². The van der Waals surface area contributed by atoms with Gasteiger partial charge in [-0.2, -0.15) is 0 Å². The minimum Gasteiger partial charge on any atom is -0.464 e. The van der Waals surface area contributed by atoms with Crippen molar-refractivity contribution in [1.82, 2.24) is 14.5 Å². The maximum atomic E-state index is 5.48. The molecule has 0 aliphatic rings. The van der Waals surface area contributed by atoms with E-state index in [2.05, 4.69) is 63.1 Å². The fourth-order valence-corrected chi connectivity index (χ4v) is 3.18. The van der Waals surface area contributed by atoms with E-state index in [0.29, 0.717) is 0 Å². The molecule has 0 amide bonds. The van der Waals surface area contributed by atoms with Crippen molar-refractivity contribution < 1.29 is 4.42 Å². The number of hydrogen-bond donors (Lipinski definition) is 0. The van der Waals surface area contributed by atoms with Crippen LogP contribution < -0.4 is 0 Å². The molecule has 0 bridgehead atoms. The average Bonchev–Trinajstić information content (AvgIpc) is 3.38. The molecule has 0 spiro atoms. The van der Waals surface area contributed by atoms with Crippen molar-refractivity contribution in [2.75, 3.05) is 0 Å². The number of fused-ring (bicyclic) bond motifs is 1. The second kappa shape index (κ2) is 6.01. The van der Waals surface area contributed by atoms with Gasteiger partial charge in [0, 0.05) is 29.2 Å². The summed E-state index contributed by atoms with van der Waals surface area (Å²) < 4.78 is 7.58. The SMILES string of the molecule is c1cncc(-c2cccc(-n3cnc4cc(-c5ccco5)ccc43)c2)c1. The molecule has 2 aromatic carbocycles. The zero-order valence-corrected chi connectivity index (χ0v) is 13.9.